The first-order valence-electron chi connectivity index (χ1n) is 8.30. The van der Waals surface area contributed by atoms with Crippen LogP contribution in [-0.4, -0.2) is 16.7 Å². The lowest BCUT2D eigenvalue weighted by molar-refractivity contribution is -0.138. The fourth-order valence-corrected chi connectivity index (χ4v) is 4.69. The Morgan fingerprint density at radius 2 is 1.96 bits per heavy atom. The van der Waals surface area contributed by atoms with Gasteiger partial charge in [0.1, 0.15) is 5.75 Å². The van der Waals surface area contributed by atoms with Gasteiger partial charge >= 0.3 is 0 Å². The topological polar surface area (TPSA) is 54.4 Å². The molecule has 1 aromatic carbocycles. The van der Waals surface area contributed by atoms with Crippen molar-refractivity contribution in [2.75, 3.05) is 0 Å². The molecule has 2 aliphatic rings. The zero-order valence-electron chi connectivity index (χ0n) is 14.6. The van der Waals surface area contributed by atoms with Crippen LogP contribution in [0.3, 0.4) is 0 Å². The molecule has 3 rings (SSSR count). The number of phenolic OH excluding ortho intramolecular Hbond substituents is 1. The largest absolute Gasteiger partial charge is 0.508 e. The number of hydrogen-bond acceptors (Lipinski definition) is 3. The van der Waals surface area contributed by atoms with Gasteiger partial charge < -0.3 is 5.11 Å². The number of hydrogen-bond donors (Lipinski definition) is 1. The summed E-state index contributed by atoms with van der Waals surface area (Å²) >= 11 is 3.44. The predicted octanol–water partition coefficient (Wildman–Crippen LogP) is 4.87. The summed E-state index contributed by atoms with van der Waals surface area (Å²) in [5.41, 5.74) is 1.66. The van der Waals surface area contributed by atoms with Crippen molar-refractivity contribution >= 4 is 27.5 Å². The van der Waals surface area contributed by atoms with Gasteiger partial charge in [0, 0.05) is 21.9 Å². The van der Waals surface area contributed by atoms with E-state index in [4.69, 9.17) is 0 Å². The molecule has 0 saturated heterocycles. The van der Waals surface area contributed by atoms with Crippen LogP contribution in [0.5, 0.6) is 5.75 Å². The first kappa shape index (κ1) is 17.9. The van der Waals surface area contributed by atoms with E-state index in [1.54, 1.807) is 32.1 Å². The van der Waals surface area contributed by atoms with E-state index in [9.17, 15) is 14.7 Å². The molecule has 130 valence electrons. The van der Waals surface area contributed by atoms with Crippen LogP contribution >= 0.6 is 15.9 Å². The Kier molecular flexibility index (Phi) is 4.36. The number of allylic oxidation sites excluding steroid dienone is 5. The van der Waals surface area contributed by atoms with E-state index in [0.29, 0.717) is 23.1 Å². The van der Waals surface area contributed by atoms with Gasteiger partial charge in [0.2, 0.25) is 0 Å². The van der Waals surface area contributed by atoms with E-state index in [-0.39, 0.29) is 17.3 Å². The van der Waals surface area contributed by atoms with Crippen LogP contribution in [0.4, 0.5) is 0 Å². The Labute approximate surface area is 156 Å². The van der Waals surface area contributed by atoms with Gasteiger partial charge in [-0.25, -0.2) is 0 Å². The van der Waals surface area contributed by atoms with Gasteiger partial charge in [0.15, 0.2) is 11.6 Å². The second kappa shape index (κ2) is 6.10. The molecule has 0 heterocycles. The lowest BCUT2D eigenvalue weighted by atomic mass is 9.52. The van der Waals surface area contributed by atoms with Gasteiger partial charge in [-0.15, -0.1) is 0 Å². The SMILES string of the molecule is C=CC1=CCC2C(=O)C(C)=C(C)C(=O)C2(C)C1c1cc(Br)ccc1O. The Bertz CT molecular complexity index is 862. The van der Waals surface area contributed by atoms with Crippen molar-refractivity contribution in [3.8, 4) is 5.75 Å². The number of aromatic hydroxyl groups is 1. The second-order valence-electron chi connectivity index (χ2n) is 7.06. The summed E-state index contributed by atoms with van der Waals surface area (Å²) < 4.78 is 0.812. The van der Waals surface area contributed by atoms with Crippen molar-refractivity contribution in [3.05, 3.63) is 63.7 Å². The number of fused-ring (bicyclic) bond motifs is 1. The standard InChI is InChI=1S/C21H21BrO3/c1-5-13-6-8-16-19(24)11(2)12(3)20(25)21(16,4)18(13)15-10-14(22)7-9-17(15)23/h5-7,9-10,16,18,23H,1,8H2,2-4H3. The highest BCUT2D eigenvalue weighted by molar-refractivity contribution is 9.10. The maximum absolute atomic E-state index is 13.3. The fraction of sp³-hybridized carbons (Fsp3) is 0.333. The minimum absolute atomic E-state index is 0.0218. The van der Waals surface area contributed by atoms with Crippen molar-refractivity contribution < 1.29 is 14.7 Å². The number of phenols is 1. The van der Waals surface area contributed by atoms with E-state index in [1.165, 1.54) is 0 Å². The van der Waals surface area contributed by atoms with Crippen molar-refractivity contribution in [2.24, 2.45) is 11.3 Å². The summed E-state index contributed by atoms with van der Waals surface area (Å²) in [7, 11) is 0. The summed E-state index contributed by atoms with van der Waals surface area (Å²) in [6.07, 6.45) is 4.21. The highest BCUT2D eigenvalue weighted by Gasteiger charge is 2.56. The van der Waals surface area contributed by atoms with Gasteiger partial charge in [0.25, 0.3) is 0 Å². The molecule has 0 spiro atoms. The average molecular weight is 401 g/mol. The number of Topliss-reactive ketones (excluding diaryl/α,β-unsaturated/α-hetero) is 2. The molecule has 0 saturated carbocycles. The Hall–Kier alpha value is -1.94. The fourth-order valence-electron chi connectivity index (χ4n) is 4.31. The van der Waals surface area contributed by atoms with Crippen molar-refractivity contribution in [2.45, 2.75) is 33.1 Å². The lowest BCUT2D eigenvalue weighted by Crippen LogP contribution is -2.50. The molecule has 0 amide bonds. The second-order valence-corrected chi connectivity index (χ2v) is 7.97. The van der Waals surface area contributed by atoms with E-state index in [0.717, 1.165) is 10.0 Å². The maximum Gasteiger partial charge on any atom is 0.166 e. The minimum Gasteiger partial charge on any atom is -0.508 e. The van der Waals surface area contributed by atoms with Gasteiger partial charge in [-0.3, -0.25) is 9.59 Å². The smallest absolute Gasteiger partial charge is 0.166 e. The van der Waals surface area contributed by atoms with E-state index < -0.39 is 17.3 Å². The zero-order chi connectivity index (χ0) is 18.5. The molecular formula is C21H21BrO3. The number of ketones is 2. The minimum atomic E-state index is -0.933. The quantitative estimate of drug-likeness (QED) is 0.770. The predicted molar refractivity (Wildman–Crippen MR) is 101 cm³/mol. The van der Waals surface area contributed by atoms with Crippen molar-refractivity contribution in [3.63, 3.8) is 0 Å². The van der Waals surface area contributed by atoms with Gasteiger partial charge in [-0.05, 0) is 55.2 Å². The van der Waals surface area contributed by atoms with Crippen molar-refractivity contribution in [1.82, 2.24) is 0 Å². The molecule has 0 aliphatic heterocycles. The first-order chi connectivity index (χ1) is 11.7. The molecule has 2 aliphatic carbocycles. The molecule has 1 aromatic rings. The molecule has 0 fully saturated rings. The zero-order valence-corrected chi connectivity index (χ0v) is 16.2. The van der Waals surface area contributed by atoms with E-state index >= 15 is 0 Å². The van der Waals surface area contributed by atoms with Crippen LogP contribution in [-0.2, 0) is 9.59 Å². The monoisotopic (exact) mass is 400 g/mol. The van der Waals surface area contributed by atoms with Crippen molar-refractivity contribution in [1.29, 1.82) is 0 Å². The third-order valence-electron chi connectivity index (χ3n) is 5.86. The molecule has 3 atom stereocenters. The number of carbonyl (C=O) groups excluding carboxylic acids is 2. The molecule has 1 N–H and O–H groups in total. The molecule has 0 aromatic heterocycles. The molecule has 3 nitrogen and oxygen atoms in total. The van der Waals surface area contributed by atoms with Crippen LogP contribution in [0, 0.1) is 11.3 Å². The summed E-state index contributed by atoms with van der Waals surface area (Å²) in [5, 5.41) is 10.5. The number of carbonyl (C=O) groups is 2. The Morgan fingerprint density at radius 3 is 2.60 bits per heavy atom. The Balaban J connectivity index is 2.31. The first-order valence-corrected chi connectivity index (χ1v) is 9.10. The molecule has 0 radical (unpaired) electrons. The highest BCUT2D eigenvalue weighted by atomic mass is 79.9. The van der Waals surface area contributed by atoms with Crippen LogP contribution in [0.15, 0.2) is 58.1 Å². The lowest BCUT2D eigenvalue weighted by Gasteiger charge is -2.48. The Morgan fingerprint density at radius 1 is 1.28 bits per heavy atom. The summed E-state index contributed by atoms with van der Waals surface area (Å²) in [6.45, 7) is 9.20. The van der Waals surface area contributed by atoms with Gasteiger partial charge in [-0.1, -0.05) is 41.6 Å². The summed E-state index contributed by atoms with van der Waals surface area (Å²) in [6, 6.07) is 5.18. The van der Waals surface area contributed by atoms with Crippen LogP contribution in [0.2, 0.25) is 0 Å². The number of rotatable bonds is 2. The van der Waals surface area contributed by atoms with E-state index in [2.05, 4.69) is 22.5 Å². The maximum atomic E-state index is 13.3. The molecule has 0 bridgehead atoms. The highest BCUT2D eigenvalue weighted by Crippen LogP contribution is 2.57. The molecule has 25 heavy (non-hydrogen) atoms. The molecular weight excluding hydrogens is 380 g/mol. The number of halogens is 1. The van der Waals surface area contributed by atoms with Crippen LogP contribution in [0.25, 0.3) is 0 Å². The normalized spacial score (nSPS) is 29.4. The van der Waals surface area contributed by atoms with E-state index in [1.807, 2.05) is 19.1 Å². The average Bonchev–Trinajstić information content (AvgIpc) is 2.60. The third-order valence-corrected chi connectivity index (χ3v) is 6.35. The van der Waals surface area contributed by atoms with Gasteiger partial charge in [-0.2, -0.15) is 0 Å². The third kappa shape index (κ3) is 2.46. The van der Waals surface area contributed by atoms with Crippen LogP contribution < -0.4 is 0 Å². The van der Waals surface area contributed by atoms with Crippen LogP contribution in [0.1, 0.15) is 38.7 Å². The summed E-state index contributed by atoms with van der Waals surface area (Å²) in [5.74, 6) is -0.714. The number of benzene rings is 1. The van der Waals surface area contributed by atoms with Gasteiger partial charge in [0.05, 0.1) is 5.41 Å². The molecule has 4 heteroatoms. The summed E-state index contributed by atoms with van der Waals surface area (Å²) in [4.78, 5) is 26.2. The molecule has 3 unspecified atom stereocenters.